The molecule has 92 valence electrons. The molecule has 3 heteroatoms. The van der Waals surface area contributed by atoms with Crippen molar-refractivity contribution in [3.8, 4) is 0 Å². The number of carbonyl (C=O) groups is 1. The first-order chi connectivity index (χ1) is 8.33. The van der Waals surface area contributed by atoms with Crippen molar-refractivity contribution in [1.29, 1.82) is 0 Å². The van der Waals surface area contributed by atoms with Crippen LogP contribution in [-0.4, -0.2) is 12.1 Å². The quantitative estimate of drug-likeness (QED) is 0.438. The van der Waals surface area contributed by atoms with Crippen molar-refractivity contribution in [2.24, 2.45) is 5.10 Å². The van der Waals surface area contributed by atoms with Gasteiger partial charge in [0.25, 0.3) is 0 Å². The first-order valence-corrected chi connectivity index (χ1v) is 6.20. The minimum Gasteiger partial charge on any atom is -0.273 e. The van der Waals surface area contributed by atoms with Gasteiger partial charge in [-0.1, -0.05) is 56.5 Å². The average Bonchev–Trinajstić information content (AvgIpc) is 2.36. The first-order valence-electron chi connectivity index (χ1n) is 6.20. The molecule has 0 aromatic heterocycles. The zero-order valence-electron chi connectivity index (χ0n) is 10.4. The molecule has 0 saturated heterocycles. The fourth-order valence-electron chi connectivity index (χ4n) is 1.49. The SMILES string of the molecule is CCCCCCC(=O)N/N=C/c1ccccc1. The van der Waals surface area contributed by atoms with Gasteiger partial charge in [0.1, 0.15) is 0 Å². The van der Waals surface area contributed by atoms with E-state index in [0.717, 1.165) is 18.4 Å². The maximum atomic E-state index is 11.4. The summed E-state index contributed by atoms with van der Waals surface area (Å²) in [5.41, 5.74) is 3.52. The molecule has 1 N–H and O–H groups in total. The number of hydrogen-bond donors (Lipinski definition) is 1. The predicted octanol–water partition coefficient (Wildman–Crippen LogP) is 3.11. The van der Waals surface area contributed by atoms with Crippen molar-refractivity contribution in [3.05, 3.63) is 35.9 Å². The molecule has 0 aliphatic carbocycles. The van der Waals surface area contributed by atoms with E-state index < -0.39 is 0 Å². The van der Waals surface area contributed by atoms with Gasteiger partial charge in [0.2, 0.25) is 5.91 Å². The minimum absolute atomic E-state index is 0.00622. The smallest absolute Gasteiger partial charge is 0.240 e. The van der Waals surface area contributed by atoms with Crippen LogP contribution in [0.4, 0.5) is 0 Å². The summed E-state index contributed by atoms with van der Waals surface area (Å²) < 4.78 is 0. The number of amides is 1. The van der Waals surface area contributed by atoms with E-state index in [1.54, 1.807) is 6.21 Å². The molecule has 0 aliphatic heterocycles. The summed E-state index contributed by atoms with van der Waals surface area (Å²) in [5, 5.41) is 3.92. The molecular weight excluding hydrogens is 212 g/mol. The fraction of sp³-hybridized carbons (Fsp3) is 0.429. The van der Waals surface area contributed by atoms with Gasteiger partial charge >= 0.3 is 0 Å². The molecule has 17 heavy (non-hydrogen) atoms. The topological polar surface area (TPSA) is 41.5 Å². The van der Waals surface area contributed by atoms with Gasteiger partial charge in [0.15, 0.2) is 0 Å². The Hall–Kier alpha value is -1.64. The highest BCUT2D eigenvalue weighted by Crippen LogP contribution is 2.01. The Morgan fingerprint density at radius 3 is 2.71 bits per heavy atom. The molecule has 0 unspecified atom stereocenters. The van der Waals surface area contributed by atoms with E-state index in [1.165, 1.54) is 12.8 Å². The second-order valence-corrected chi connectivity index (χ2v) is 4.01. The molecule has 0 bridgehead atoms. The minimum atomic E-state index is -0.00622. The Bertz CT molecular complexity index is 346. The van der Waals surface area contributed by atoms with Crippen molar-refractivity contribution in [2.45, 2.75) is 39.0 Å². The number of rotatable bonds is 7. The second kappa shape index (κ2) is 8.50. The Morgan fingerprint density at radius 2 is 2.00 bits per heavy atom. The molecule has 0 aliphatic rings. The summed E-state index contributed by atoms with van der Waals surface area (Å²) in [6.45, 7) is 2.16. The lowest BCUT2D eigenvalue weighted by molar-refractivity contribution is -0.121. The Labute approximate surface area is 103 Å². The van der Waals surface area contributed by atoms with Crippen LogP contribution in [0.3, 0.4) is 0 Å². The lowest BCUT2D eigenvalue weighted by atomic mass is 10.1. The summed E-state index contributed by atoms with van der Waals surface area (Å²) in [4.78, 5) is 11.4. The van der Waals surface area contributed by atoms with E-state index in [4.69, 9.17) is 0 Å². The van der Waals surface area contributed by atoms with Crippen LogP contribution in [0.15, 0.2) is 35.4 Å². The standard InChI is InChI=1S/C14H20N2O/c1-2-3-4-8-11-14(17)16-15-12-13-9-6-5-7-10-13/h5-7,9-10,12H,2-4,8,11H2,1H3,(H,16,17)/b15-12+. The third kappa shape index (κ3) is 6.51. The number of unbranched alkanes of at least 4 members (excludes halogenated alkanes) is 3. The van der Waals surface area contributed by atoms with Crippen LogP contribution < -0.4 is 5.43 Å². The zero-order chi connectivity index (χ0) is 12.3. The van der Waals surface area contributed by atoms with Gasteiger partial charge in [-0.25, -0.2) is 5.43 Å². The summed E-state index contributed by atoms with van der Waals surface area (Å²) in [5.74, 6) is -0.00622. The van der Waals surface area contributed by atoms with Crippen molar-refractivity contribution in [3.63, 3.8) is 0 Å². The number of nitrogens with zero attached hydrogens (tertiary/aromatic N) is 1. The molecule has 1 amide bonds. The van der Waals surface area contributed by atoms with Gasteiger partial charge < -0.3 is 0 Å². The van der Waals surface area contributed by atoms with Gasteiger partial charge in [-0.15, -0.1) is 0 Å². The molecule has 0 spiro atoms. The number of carbonyl (C=O) groups excluding carboxylic acids is 1. The summed E-state index contributed by atoms with van der Waals surface area (Å²) in [6.07, 6.45) is 6.66. The molecule has 0 radical (unpaired) electrons. The first kappa shape index (κ1) is 13.4. The number of hydrogen-bond acceptors (Lipinski definition) is 2. The van der Waals surface area contributed by atoms with E-state index in [0.29, 0.717) is 6.42 Å². The maximum Gasteiger partial charge on any atom is 0.240 e. The molecule has 1 aromatic rings. The monoisotopic (exact) mass is 232 g/mol. The van der Waals surface area contributed by atoms with Crippen molar-refractivity contribution >= 4 is 12.1 Å². The van der Waals surface area contributed by atoms with Crippen molar-refractivity contribution in [2.75, 3.05) is 0 Å². The predicted molar refractivity (Wildman–Crippen MR) is 70.9 cm³/mol. The highest BCUT2D eigenvalue weighted by atomic mass is 16.2. The largest absolute Gasteiger partial charge is 0.273 e. The van der Waals surface area contributed by atoms with Gasteiger partial charge in [-0.05, 0) is 12.0 Å². The van der Waals surface area contributed by atoms with Crippen LogP contribution in [-0.2, 0) is 4.79 Å². The van der Waals surface area contributed by atoms with Gasteiger partial charge in [-0.3, -0.25) is 4.79 Å². The molecule has 3 nitrogen and oxygen atoms in total. The normalized spacial score (nSPS) is 10.6. The van der Waals surface area contributed by atoms with E-state index in [9.17, 15) is 4.79 Å². The molecule has 0 fully saturated rings. The number of hydrazone groups is 1. The van der Waals surface area contributed by atoms with Crippen LogP contribution >= 0.6 is 0 Å². The molecular formula is C14H20N2O. The zero-order valence-corrected chi connectivity index (χ0v) is 10.4. The van der Waals surface area contributed by atoms with Gasteiger partial charge in [-0.2, -0.15) is 5.10 Å². The molecule has 0 heterocycles. The average molecular weight is 232 g/mol. The van der Waals surface area contributed by atoms with Gasteiger partial charge in [0.05, 0.1) is 6.21 Å². The molecule has 0 atom stereocenters. The van der Waals surface area contributed by atoms with Crippen LogP contribution in [0, 0.1) is 0 Å². The third-order valence-corrected chi connectivity index (χ3v) is 2.46. The van der Waals surface area contributed by atoms with Crippen LogP contribution in [0.5, 0.6) is 0 Å². The molecule has 1 aromatic carbocycles. The summed E-state index contributed by atoms with van der Waals surface area (Å²) in [6, 6.07) is 9.71. The maximum absolute atomic E-state index is 11.4. The molecule has 0 saturated carbocycles. The van der Waals surface area contributed by atoms with E-state index in [-0.39, 0.29) is 5.91 Å². The summed E-state index contributed by atoms with van der Waals surface area (Å²) >= 11 is 0. The van der Waals surface area contributed by atoms with E-state index in [1.807, 2.05) is 30.3 Å². The Kier molecular flexibility index (Phi) is 6.72. The number of benzene rings is 1. The molecule has 1 rings (SSSR count). The lowest BCUT2D eigenvalue weighted by Crippen LogP contribution is -2.16. The van der Waals surface area contributed by atoms with Crippen molar-refractivity contribution in [1.82, 2.24) is 5.43 Å². The lowest BCUT2D eigenvalue weighted by Gasteiger charge is -1.99. The summed E-state index contributed by atoms with van der Waals surface area (Å²) in [7, 11) is 0. The third-order valence-electron chi connectivity index (χ3n) is 2.46. The fourth-order valence-corrected chi connectivity index (χ4v) is 1.49. The van der Waals surface area contributed by atoms with E-state index >= 15 is 0 Å². The van der Waals surface area contributed by atoms with E-state index in [2.05, 4.69) is 17.5 Å². The number of nitrogens with one attached hydrogen (secondary N) is 1. The Morgan fingerprint density at radius 1 is 1.24 bits per heavy atom. The van der Waals surface area contributed by atoms with Crippen LogP contribution in [0.25, 0.3) is 0 Å². The van der Waals surface area contributed by atoms with Crippen molar-refractivity contribution < 1.29 is 4.79 Å². The van der Waals surface area contributed by atoms with Crippen LogP contribution in [0.2, 0.25) is 0 Å². The van der Waals surface area contributed by atoms with Gasteiger partial charge in [0, 0.05) is 6.42 Å². The Balaban J connectivity index is 2.17. The second-order valence-electron chi connectivity index (χ2n) is 4.01. The highest BCUT2D eigenvalue weighted by Gasteiger charge is 1.98. The highest BCUT2D eigenvalue weighted by molar-refractivity contribution is 5.82. The van der Waals surface area contributed by atoms with Crippen LogP contribution in [0.1, 0.15) is 44.6 Å².